The van der Waals surface area contributed by atoms with Crippen molar-refractivity contribution in [1.82, 2.24) is 5.32 Å². The van der Waals surface area contributed by atoms with Crippen LogP contribution in [0, 0.1) is 5.82 Å². The molecule has 1 aromatic rings. The SMILES string of the molecule is CCNCc1cccc(F)c1N(C)C(CC)CC. The summed E-state index contributed by atoms with van der Waals surface area (Å²) in [4.78, 5) is 2.09. The Hall–Kier alpha value is -1.09. The maximum absolute atomic E-state index is 14.1. The third-order valence-electron chi connectivity index (χ3n) is 3.48. The van der Waals surface area contributed by atoms with E-state index in [1.54, 1.807) is 12.1 Å². The van der Waals surface area contributed by atoms with Crippen molar-refractivity contribution in [3.63, 3.8) is 0 Å². The van der Waals surface area contributed by atoms with Crippen LogP contribution in [0.15, 0.2) is 18.2 Å². The van der Waals surface area contributed by atoms with Gasteiger partial charge in [-0.05, 0) is 31.0 Å². The molecule has 2 nitrogen and oxygen atoms in total. The smallest absolute Gasteiger partial charge is 0.146 e. The van der Waals surface area contributed by atoms with Crippen molar-refractivity contribution < 1.29 is 4.39 Å². The molecule has 1 N–H and O–H groups in total. The van der Waals surface area contributed by atoms with Gasteiger partial charge in [0, 0.05) is 19.6 Å². The molecule has 0 unspecified atom stereocenters. The molecule has 0 aliphatic rings. The maximum Gasteiger partial charge on any atom is 0.146 e. The first-order chi connectivity index (χ1) is 8.65. The zero-order valence-electron chi connectivity index (χ0n) is 12.0. The highest BCUT2D eigenvalue weighted by Gasteiger charge is 2.18. The fraction of sp³-hybridized carbons (Fsp3) is 0.600. The lowest BCUT2D eigenvalue weighted by Crippen LogP contribution is -2.32. The van der Waals surface area contributed by atoms with Crippen LogP contribution in [0.25, 0.3) is 0 Å². The van der Waals surface area contributed by atoms with Crippen LogP contribution in [0.3, 0.4) is 0 Å². The van der Waals surface area contributed by atoms with Gasteiger partial charge >= 0.3 is 0 Å². The second-order valence-electron chi connectivity index (χ2n) is 4.61. The number of anilines is 1. The van der Waals surface area contributed by atoms with Gasteiger partial charge in [0.15, 0.2) is 0 Å². The summed E-state index contributed by atoms with van der Waals surface area (Å²) in [5.41, 5.74) is 1.78. The fourth-order valence-corrected chi connectivity index (χ4v) is 2.38. The zero-order valence-corrected chi connectivity index (χ0v) is 12.0. The molecule has 0 aliphatic heterocycles. The maximum atomic E-state index is 14.1. The average Bonchev–Trinajstić information content (AvgIpc) is 2.37. The van der Waals surface area contributed by atoms with Crippen LogP contribution < -0.4 is 10.2 Å². The van der Waals surface area contributed by atoms with E-state index in [2.05, 4.69) is 31.0 Å². The van der Waals surface area contributed by atoms with Crippen LogP contribution in [-0.2, 0) is 6.54 Å². The van der Waals surface area contributed by atoms with Crippen molar-refractivity contribution in [2.75, 3.05) is 18.5 Å². The predicted molar refractivity (Wildman–Crippen MR) is 76.6 cm³/mol. The number of halogens is 1. The summed E-state index contributed by atoms with van der Waals surface area (Å²) in [6.45, 7) is 7.97. The standard InChI is InChI=1S/C15H25FN2/c1-5-13(6-2)18(4)15-12(11-17-7-3)9-8-10-14(15)16/h8-10,13,17H,5-7,11H2,1-4H3. The topological polar surface area (TPSA) is 15.3 Å². The van der Waals surface area contributed by atoms with E-state index in [0.29, 0.717) is 12.6 Å². The second-order valence-corrected chi connectivity index (χ2v) is 4.61. The molecule has 3 heteroatoms. The first kappa shape index (κ1) is 15.0. The van der Waals surface area contributed by atoms with E-state index in [0.717, 1.165) is 30.6 Å². The highest BCUT2D eigenvalue weighted by molar-refractivity contribution is 5.55. The van der Waals surface area contributed by atoms with E-state index in [-0.39, 0.29) is 5.82 Å². The Labute approximate surface area is 110 Å². The van der Waals surface area contributed by atoms with Gasteiger partial charge in [0.2, 0.25) is 0 Å². The van der Waals surface area contributed by atoms with Gasteiger partial charge in [0.1, 0.15) is 5.82 Å². The first-order valence-electron chi connectivity index (χ1n) is 6.86. The van der Waals surface area contributed by atoms with Gasteiger partial charge in [-0.3, -0.25) is 0 Å². The van der Waals surface area contributed by atoms with Gasteiger partial charge in [0.25, 0.3) is 0 Å². The molecule has 0 heterocycles. The van der Waals surface area contributed by atoms with Crippen molar-refractivity contribution in [2.24, 2.45) is 0 Å². The molecule has 0 aromatic heterocycles. The predicted octanol–water partition coefficient (Wildman–Crippen LogP) is 3.56. The van der Waals surface area contributed by atoms with E-state index in [4.69, 9.17) is 0 Å². The largest absolute Gasteiger partial charge is 0.369 e. The Bertz CT molecular complexity index is 362. The molecule has 0 amide bonds. The summed E-state index contributed by atoms with van der Waals surface area (Å²) >= 11 is 0. The summed E-state index contributed by atoms with van der Waals surface area (Å²) in [5, 5.41) is 3.27. The fourth-order valence-electron chi connectivity index (χ4n) is 2.38. The minimum Gasteiger partial charge on any atom is -0.369 e. The quantitative estimate of drug-likeness (QED) is 0.798. The third-order valence-corrected chi connectivity index (χ3v) is 3.48. The molecule has 1 rings (SSSR count). The number of nitrogens with zero attached hydrogens (tertiary/aromatic N) is 1. The number of para-hydroxylation sites is 1. The summed E-state index contributed by atoms with van der Waals surface area (Å²) in [6, 6.07) is 5.72. The molecule has 0 spiro atoms. The van der Waals surface area contributed by atoms with Crippen molar-refractivity contribution in [2.45, 2.75) is 46.2 Å². The van der Waals surface area contributed by atoms with E-state index in [9.17, 15) is 4.39 Å². The molecule has 0 fully saturated rings. The minimum atomic E-state index is -0.125. The summed E-state index contributed by atoms with van der Waals surface area (Å²) in [7, 11) is 1.99. The van der Waals surface area contributed by atoms with Crippen molar-refractivity contribution in [3.8, 4) is 0 Å². The molecule has 0 radical (unpaired) electrons. The highest BCUT2D eigenvalue weighted by atomic mass is 19.1. The molecule has 0 aliphatic carbocycles. The molecular formula is C15H25FN2. The normalized spacial score (nSPS) is 11.0. The second kappa shape index (κ2) is 7.37. The number of hydrogen-bond donors (Lipinski definition) is 1. The lowest BCUT2D eigenvalue weighted by Gasteiger charge is -2.30. The van der Waals surface area contributed by atoms with Gasteiger partial charge in [-0.25, -0.2) is 4.39 Å². The van der Waals surface area contributed by atoms with Crippen molar-refractivity contribution >= 4 is 5.69 Å². The Kier molecular flexibility index (Phi) is 6.13. The van der Waals surface area contributed by atoms with Crippen molar-refractivity contribution in [3.05, 3.63) is 29.6 Å². The van der Waals surface area contributed by atoms with Crippen molar-refractivity contribution in [1.29, 1.82) is 0 Å². The Balaban J connectivity index is 3.04. The Morgan fingerprint density at radius 3 is 2.44 bits per heavy atom. The van der Waals surface area contributed by atoms with Crippen LogP contribution >= 0.6 is 0 Å². The zero-order chi connectivity index (χ0) is 13.5. The molecule has 0 bridgehead atoms. The Morgan fingerprint density at radius 2 is 1.89 bits per heavy atom. The van der Waals surface area contributed by atoms with E-state index >= 15 is 0 Å². The lowest BCUT2D eigenvalue weighted by molar-refractivity contribution is 0.561. The van der Waals surface area contributed by atoms with E-state index in [1.165, 1.54) is 0 Å². The molecule has 1 aromatic carbocycles. The van der Waals surface area contributed by atoms with Gasteiger partial charge in [-0.1, -0.05) is 32.9 Å². The molecule has 18 heavy (non-hydrogen) atoms. The van der Waals surface area contributed by atoms with Crippen LogP contribution in [0.4, 0.5) is 10.1 Å². The average molecular weight is 252 g/mol. The molecule has 0 saturated carbocycles. The van der Waals surface area contributed by atoms with Gasteiger partial charge < -0.3 is 10.2 Å². The lowest BCUT2D eigenvalue weighted by atomic mass is 10.1. The van der Waals surface area contributed by atoms with Crippen LogP contribution in [-0.4, -0.2) is 19.6 Å². The third kappa shape index (κ3) is 3.45. The van der Waals surface area contributed by atoms with Gasteiger partial charge in [-0.2, -0.15) is 0 Å². The van der Waals surface area contributed by atoms with Gasteiger partial charge in [0.05, 0.1) is 5.69 Å². The monoisotopic (exact) mass is 252 g/mol. The summed E-state index contributed by atoms with van der Waals surface area (Å²) in [5.74, 6) is -0.125. The number of rotatable bonds is 7. The number of hydrogen-bond acceptors (Lipinski definition) is 2. The van der Waals surface area contributed by atoms with E-state index < -0.39 is 0 Å². The number of benzene rings is 1. The van der Waals surface area contributed by atoms with E-state index in [1.807, 2.05) is 13.1 Å². The Morgan fingerprint density at radius 1 is 1.22 bits per heavy atom. The van der Waals surface area contributed by atoms with Crippen LogP contribution in [0.5, 0.6) is 0 Å². The van der Waals surface area contributed by atoms with Gasteiger partial charge in [-0.15, -0.1) is 0 Å². The molecule has 0 saturated heterocycles. The summed E-state index contributed by atoms with van der Waals surface area (Å²) in [6.07, 6.45) is 2.06. The highest BCUT2D eigenvalue weighted by Crippen LogP contribution is 2.26. The molecule has 0 atom stereocenters. The molecular weight excluding hydrogens is 227 g/mol. The number of nitrogens with one attached hydrogen (secondary N) is 1. The van der Waals surface area contributed by atoms with Crippen LogP contribution in [0.2, 0.25) is 0 Å². The van der Waals surface area contributed by atoms with Crippen LogP contribution in [0.1, 0.15) is 39.2 Å². The first-order valence-corrected chi connectivity index (χ1v) is 6.86. The minimum absolute atomic E-state index is 0.125. The summed E-state index contributed by atoms with van der Waals surface area (Å²) < 4.78 is 14.1. The molecule has 102 valence electrons.